The SMILES string of the molecule is CC1=NN(c2c(F)c(F)c(F)c(F)c2F)C(=O)/C1=C/c1cc(Cl)c(OCc2ccc(F)cc2)c(Cl)c1. The lowest BCUT2D eigenvalue weighted by atomic mass is 10.1. The molecule has 1 aliphatic rings. The van der Waals surface area contributed by atoms with E-state index in [0.29, 0.717) is 5.56 Å². The molecule has 0 aliphatic carbocycles. The molecule has 12 heteroatoms. The summed E-state index contributed by atoms with van der Waals surface area (Å²) in [6.45, 7) is 1.33. The molecule has 0 atom stereocenters. The average Bonchev–Trinajstić information content (AvgIpc) is 3.10. The Balaban J connectivity index is 1.62. The largest absolute Gasteiger partial charge is 0.486 e. The van der Waals surface area contributed by atoms with Gasteiger partial charge in [-0.25, -0.2) is 26.3 Å². The van der Waals surface area contributed by atoms with Crippen LogP contribution in [-0.2, 0) is 11.4 Å². The minimum Gasteiger partial charge on any atom is -0.486 e. The molecule has 0 spiro atoms. The summed E-state index contributed by atoms with van der Waals surface area (Å²) in [4.78, 5) is 12.8. The van der Waals surface area contributed by atoms with Crippen molar-refractivity contribution in [2.75, 3.05) is 5.01 Å². The van der Waals surface area contributed by atoms with Crippen LogP contribution in [0.1, 0.15) is 18.1 Å². The first-order valence-electron chi connectivity index (χ1n) is 9.99. The first kappa shape index (κ1) is 25.6. The highest BCUT2D eigenvalue weighted by Gasteiger charge is 2.37. The van der Waals surface area contributed by atoms with Crippen LogP contribution in [0.4, 0.5) is 32.0 Å². The third-order valence-corrected chi connectivity index (χ3v) is 5.65. The normalized spacial score (nSPS) is 14.6. The zero-order valence-corrected chi connectivity index (χ0v) is 19.5. The monoisotopic (exact) mass is 544 g/mol. The molecule has 3 aromatic carbocycles. The van der Waals surface area contributed by atoms with Crippen LogP contribution in [0.2, 0.25) is 10.0 Å². The number of amides is 1. The van der Waals surface area contributed by atoms with Gasteiger partial charge in [0.05, 0.1) is 21.3 Å². The van der Waals surface area contributed by atoms with Gasteiger partial charge in [0, 0.05) is 0 Å². The van der Waals surface area contributed by atoms with Gasteiger partial charge in [0.1, 0.15) is 18.1 Å². The zero-order chi connectivity index (χ0) is 26.3. The molecule has 0 N–H and O–H groups in total. The van der Waals surface area contributed by atoms with Gasteiger partial charge >= 0.3 is 0 Å². The maximum absolute atomic E-state index is 14.2. The van der Waals surface area contributed by atoms with Gasteiger partial charge in [-0.1, -0.05) is 35.3 Å². The Labute approximate surface area is 210 Å². The van der Waals surface area contributed by atoms with Crippen LogP contribution in [0.25, 0.3) is 6.08 Å². The molecule has 4 rings (SSSR count). The molecule has 0 unspecified atom stereocenters. The Morgan fingerprint density at radius 3 is 1.97 bits per heavy atom. The second-order valence-electron chi connectivity index (χ2n) is 7.51. The van der Waals surface area contributed by atoms with Gasteiger partial charge in [-0.2, -0.15) is 10.1 Å². The lowest BCUT2D eigenvalue weighted by molar-refractivity contribution is -0.114. The van der Waals surface area contributed by atoms with Gasteiger partial charge in [0.2, 0.25) is 5.82 Å². The topological polar surface area (TPSA) is 41.9 Å². The number of halogens is 8. The molecule has 0 saturated carbocycles. The Morgan fingerprint density at radius 2 is 1.42 bits per heavy atom. The molecule has 36 heavy (non-hydrogen) atoms. The van der Waals surface area contributed by atoms with Crippen molar-refractivity contribution in [1.29, 1.82) is 0 Å². The molecule has 186 valence electrons. The predicted molar refractivity (Wildman–Crippen MR) is 122 cm³/mol. The van der Waals surface area contributed by atoms with E-state index < -0.39 is 46.5 Å². The van der Waals surface area contributed by atoms with E-state index in [4.69, 9.17) is 27.9 Å². The Hall–Kier alpha value is -3.50. The number of hydrazone groups is 1. The highest BCUT2D eigenvalue weighted by molar-refractivity contribution is 6.37. The van der Waals surface area contributed by atoms with Crippen LogP contribution < -0.4 is 9.75 Å². The Bertz CT molecular complexity index is 1410. The Kier molecular flexibility index (Phi) is 7.01. The molecule has 1 amide bonds. The van der Waals surface area contributed by atoms with E-state index in [9.17, 15) is 31.1 Å². The second kappa shape index (κ2) is 9.87. The summed E-state index contributed by atoms with van der Waals surface area (Å²) in [5.74, 6) is -12.6. The standard InChI is InChI=1S/C24H12Cl2F6N2O2/c1-10-14(24(35)34(33-10)22-20(31)18(29)17(28)19(30)21(22)32)6-12-7-15(25)23(16(26)8-12)36-9-11-2-4-13(27)5-3-11/h2-8H,9H2,1H3/b14-6+. The highest BCUT2D eigenvalue weighted by atomic mass is 35.5. The van der Waals surface area contributed by atoms with E-state index in [1.165, 1.54) is 49.4 Å². The van der Waals surface area contributed by atoms with Crippen LogP contribution in [-0.4, -0.2) is 11.6 Å². The maximum atomic E-state index is 14.2. The van der Waals surface area contributed by atoms with Crippen molar-refractivity contribution in [2.45, 2.75) is 13.5 Å². The summed E-state index contributed by atoms with van der Waals surface area (Å²) in [5.41, 5.74) is -0.860. The molecular weight excluding hydrogens is 533 g/mol. The van der Waals surface area contributed by atoms with Gasteiger partial charge < -0.3 is 4.74 Å². The quantitative estimate of drug-likeness (QED) is 0.147. The van der Waals surface area contributed by atoms with Crippen molar-refractivity contribution in [3.05, 3.63) is 98.0 Å². The van der Waals surface area contributed by atoms with Crippen molar-refractivity contribution in [3.8, 4) is 5.75 Å². The van der Waals surface area contributed by atoms with E-state index in [2.05, 4.69) is 5.10 Å². The summed E-state index contributed by atoms with van der Waals surface area (Å²) >= 11 is 12.5. The Morgan fingerprint density at radius 1 is 0.889 bits per heavy atom. The predicted octanol–water partition coefficient (Wildman–Crippen LogP) is 7.21. The number of hydrogen-bond donors (Lipinski definition) is 0. The van der Waals surface area contributed by atoms with Gasteiger partial charge in [-0.3, -0.25) is 4.79 Å². The van der Waals surface area contributed by atoms with Gasteiger partial charge in [0.15, 0.2) is 29.0 Å². The molecule has 0 saturated heterocycles. The molecule has 0 aromatic heterocycles. The number of benzene rings is 3. The minimum absolute atomic E-state index is 0.0291. The zero-order valence-electron chi connectivity index (χ0n) is 18.0. The molecule has 0 radical (unpaired) electrons. The van der Waals surface area contributed by atoms with E-state index in [1.807, 2.05) is 0 Å². The molecular formula is C24H12Cl2F6N2O2. The van der Waals surface area contributed by atoms with Crippen molar-refractivity contribution < 1.29 is 35.9 Å². The molecule has 1 aliphatic heterocycles. The number of carbonyl (C=O) groups excluding carboxylic acids is 1. The van der Waals surface area contributed by atoms with Crippen molar-refractivity contribution >= 4 is 46.6 Å². The average molecular weight is 545 g/mol. The lowest BCUT2D eigenvalue weighted by Crippen LogP contribution is -2.25. The molecule has 0 bridgehead atoms. The van der Waals surface area contributed by atoms with E-state index in [0.717, 1.165) is 0 Å². The van der Waals surface area contributed by atoms with Gasteiger partial charge in [-0.15, -0.1) is 0 Å². The molecule has 4 nitrogen and oxygen atoms in total. The van der Waals surface area contributed by atoms with Crippen molar-refractivity contribution in [2.24, 2.45) is 5.10 Å². The highest BCUT2D eigenvalue weighted by Crippen LogP contribution is 2.37. The smallest absolute Gasteiger partial charge is 0.280 e. The number of nitrogens with zero attached hydrogens (tertiary/aromatic N) is 2. The fourth-order valence-corrected chi connectivity index (χ4v) is 3.93. The first-order valence-corrected chi connectivity index (χ1v) is 10.7. The number of hydrogen-bond acceptors (Lipinski definition) is 3. The van der Waals surface area contributed by atoms with E-state index in [-0.39, 0.29) is 44.3 Å². The van der Waals surface area contributed by atoms with Crippen LogP contribution in [0.5, 0.6) is 5.75 Å². The van der Waals surface area contributed by atoms with Gasteiger partial charge in [-0.05, 0) is 48.4 Å². The van der Waals surface area contributed by atoms with E-state index >= 15 is 0 Å². The van der Waals surface area contributed by atoms with Crippen LogP contribution in [0.3, 0.4) is 0 Å². The summed E-state index contributed by atoms with van der Waals surface area (Å²) in [7, 11) is 0. The van der Waals surface area contributed by atoms with E-state index in [1.54, 1.807) is 0 Å². The summed E-state index contributed by atoms with van der Waals surface area (Å²) in [6, 6.07) is 8.30. The number of carbonyl (C=O) groups is 1. The third-order valence-electron chi connectivity index (χ3n) is 5.09. The number of ether oxygens (including phenoxy) is 1. The molecule has 0 fully saturated rings. The maximum Gasteiger partial charge on any atom is 0.280 e. The first-order chi connectivity index (χ1) is 17.0. The number of rotatable bonds is 5. The summed E-state index contributed by atoms with van der Waals surface area (Å²) in [5, 5.41) is 3.86. The second-order valence-corrected chi connectivity index (χ2v) is 8.32. The van der Waals surface area contributed by atoms with Crippen LogP contribution in [0.15, 0.2) is 47.1 Å². The van der Waals surface area contributed by atoms with Gasteiger partial charge in [0.25, 0.3) is 5.91 Å². The van der Waals surface area contributed by atoms with Crippen molar-refractivity contribution in [3.63, 3.8) is 0 Å². The summed E-state index contributed by atoms with van der Waals surface area (Å²) in [6.07, 6.45) is 1.23. The van der Waals surface area contributed by atoms with Crippen LogP contribution in [0, 0.1) is 34.9 Å². The fraction of sp³-hybridized carbons (Fsp3) is 0.0833. The fourth-order valence-electron chi connectivity index (χ4n) is 3.32. The molecule has 1 heterocycles. The third kappa shape index (κ3) is 4.66. The lowest BCUT2D eigenvalue weighted by Gasteiger charge is -2.15. The van der Waals surface area contributed by atoms with Crippen LogP contribution >= 0.6 is 23.2 Å². The van der Waals surface area contributed by atoms with Crippen molar-refractivity contribution in [1.82, 2.24) is 0 Å². The molecule has 3 aromatic rings. The minimum atomic E-state index is -2.36. The summed E-state index contributed by atoms with van der Waals surface area (Å²) < 4.78 is 87.7. The number of anilines is 1.